The molecule has 2 aliphatic rings. The fraction of sp³-hybridized carbons (Fsp3) is 0.556. The minimum absolute atomic E-state index is 0.137. The number of nitrogens with zero attached hydrogens (tertiary/aromatic N) is 2. The number of hydrogen-bond donors (Lipinski definition) is 6. The Balaban J connectivity index is 1.67. The second-order valence-corrected chi connectivity index (χ2v) is 6.92. The topological polar surface area (TPSA) is 164 Å². The Hall–Kier alpha value is -2.67. The molecule has 1 aromatic heterocycles. The Morgan fingerprint density at radius 1 is 1.41 bits per heavy atom. The highest BCUT2D eigenvalue weighted by atomic mass is 19.4. The molecule has 2 aliphatic heterocycles. The third-order valence-electron chi connectivity index (χ3n) is 4.78. The van der Waals surface area contributed by atoms with Crippen molar-refractivity contribution < 1.29 is 42.8 Å². The van der Waals surface area contributed by atoms with Crippen LogP contribution in [-0.2, 0) is 14.3 Å². The molecule has 3 heterocycles. The molecule has 7 N–H and O–H groups in total. The molecule has 11 nitrogen and oxygen atoms in total. The van der Waals surface area contributed by atoms with Gasteiger partial charge in [0.15, 0.2) is 6.23 Å². The van der Waals surface area contributed by atoms with E-state index in [-0.39, 0.29) is 19.8 Å². The van der Waals surface area contributed by atoms with E-state index < -0.39 is 49.4 Å². The molecule has 5 atom stereocenters. The van der Waals surface area contributed by atoms with Crippen LogP contribution in [0, 0.1) is 11.8 Å². The Kier molecular flexibility index (Phi) is 7.39. The van der Waals surface area contributed by atoms with Crippen molar-refractivity contribution in [1.82, 2.24) is 9.88 Å². The van der Waals surface area contributed by atoms with Crippen LogP contribution in [0.3, 0.4) is 0 Å². The Morgan fingerprint density at radius 3 is 2.81 bits per heavy atom. The summed E-state index contributed by atoms with van der Waals surface area (Å²) in [5, 5.41) is 34.2. The van der Waals surface area contributed by atoms with Gasteiger partial charge < -0.3 is 45.7 Å². The van der Waals surface area contributed by atoms with Crippen LogP contribution in [0.5, 0.6) is 0 Å². The van der Waals surface area contributed by atoms with Crippen LogP contribution in [0.1, 0.15) is 23.5 Å². The van der Waals surface area contributed by atoms with E-state index in [0.717, 1.165) is 0 Å². The van der Waals surface area contributed by atoms with Gasteiger partial charge in [-0.05, 0) is 0 Å². The van der Waals surface area contributed by atoms with Crippen molar-refractivity contribution in [3.8, 4) is 11.8 Å². The molecule has 1 saturated heterocycles. The minimum atomic E-state index is -4.95. The summed E-state index contributed by atoms with van der Waals surface area (Å²) in [6.45, 7) is -1.13. The Labute approximate surface area is 180 Å². The number of carbonyl (C=O) groups excluding carboxylic acids is 1. The molecule has 14 heteroatoms. The first-order valence-electron chi connectivity index (χ1n) is 9.47. The number of fused-ring (bicyclic) bond motifs is 1. The van der Waals surface area contributed by atoms with Gasteiger partial charge in [0, 0.05) is 18.3 Å². The zero-order valence-electron chi connectivity index (χ0n) is 16.5. The molecule has 3 rings (SSSR count). The summed E-state index contributed by atoms with van der Waals surface area (Å²) < 4.78 is 48.4. The average Bonchev–Trinajstić information content (AvgIpc) is 3.25. The van der Waals surface area contributed by atoms with Gasteiger partial charge in [0.05, 0.1) is 25.1 Å². The first-order chi connectivity index (χ1) is 15.1. The maximum atomic E-state index is 12.1. The number of halogens is 3. The number of aliphatic imine (C=N–C) groups is 1. The lowest BCUT2D eigenvalue weighted by atomic mass is 10.1. The van der Waals surface area contributed by atoms with Crippen LogP contribution in [0.25, 0.3) is 0 Å². The van der Waals surface area contributed by atoms with Crippen molar-refractivity contribution >= 4 is 18.1 Å². The zero-order valence-corrected chi connectivity index (χ0v) is 16.5. The summed E-state index contributed by atoms with van der Waals surface area (Å²) in [5.74, 6) is 3.89. The number of hydrogen-bond acceptors (Lipinski definition) is 9. The number of anilines is 1. The highest BCUT2D eigenvalue weighted by Crippen LogP contribution is 2.38. The van der Waals surface area contributed by atoms with Crippen LogP contribution in [0.15, 0.2) is 11.2 Å². The molecule has 1 amide bonds. The molecular weight excluding hydrogens is 439 g/mol. The van der Waals surface area contributed by atoms with Gasteiger partial charge >= 0.3 is 12.1 Å². The highest BCUT2D eigenvalue weighted by molar-refractivity contribution is 5.81. The normalized spacial score (nSPS) is 26.8. The smallest absolute Gasteiger partial charge is 0.394 e. The van der Waals surface area contributed by atoms with Gasteiger partial charge in [-0.1, -0.05) is 11.8 Å². The lowest BCUT2D eigenvalue weighted by Gasteiger charge is -2.22. The summed E-state index contributed by atoms with van der Waals surface area (Å²) in [4.78, 5) is 14.7. The minimum Gasteiger partial charge on any atom is -0.394 e. The summed E-state index contributed by atoms with van der Waals surface area (Å²) in [6, 6.07) is 0. The van der Waals surface area contributed by atoms with Crippen LogP contribution in [0.4, 0.5) is 19.0 Å². The number of rotatable bonds is 6. The fourth-order valence-corrected chi connectivity index (χ4v) is 3.25. The monoisotopic (exact) mass is 461 g/mol. The van der Waals surface area contributed by atoms with E-state index in [9.17, 15) is 33.3 Å². The quantitative estimate of drug-likeness (QED) is 0.222. The van der Waals surface area contributed by atoms with E-state index in [4.69, 9.17) is 15.2 Å². The first kappa shape index (κ1) is 24.0. The van der Waals surface area contributed by atoms with Gasteiger partial charge in [0.1, 0.15) is 36.9 Å². The maximum Gasteiger partial charge on any atom is 0.471 e. The molecule has 1 aromatic rings. The molecule has 0 spiro atoms. The average molecular weight is 461 g/mol. The van der Waals surface area contributed by atoms with E-state index >= 15 is 0 Å². The number of ether oxygens (including phenoxy) is 2. The van der Waals surface area contributed by atoms with E-state index in [0.29, 0.717) is 16.9 Å². The Morgan fingerprint density at radius 2 is 2.16 bits per heavy atom. The predicted molar refractivity (Wildman–Crippen MR) is 103 cm³/mol. The van der Waals surface area contributed by atoms with E-state index in [1.807, 2.05) is 0 Å². The van der Waals surface area contributed by atoms with Crippen molar-refractivity contribution in [3.63, 3.8) is 0 Å². The summed E-state index contributed by atoms with van der Waals surface area (Å²) in [5.41, 5.74) is 6.95. The summed E-state index contributed by atoms with van der Waals surface area (Å²) in [7, 11) is 0. The maximum absolute atomic E-state index is 12.1. The third kappa shape index (κ3) is 5.04. The second-order valence-electron chi connectivity index (χ2n) is 6.92. The summed E-state index contributed by atoms with van der Waals surface area (Å²) >= 11 is 0. The molecule has 0 bridgehead atoms. The number of carbonyl (C=O) groups is 1. The molecule has 5 unspecified atom stereocenters. The molecule has 0 saturated carbocycles. The Bertz CT molecular complexity index is 925. The molecule has 176 valence electrons. The number of amides is 1. The first-order valence-corrected chi connectivity index (χ1v) is 9.47. The number of alkyl halides is 3. The molecule has 32 heavy (non-hydrogen) atoms. The van der Waals surface area contributed by atoms with Gasteiger partial charge in [0.25, 0.3) is 0 Å². The largest absolute Gasteiger partial charge is 0.471 e. The van der Waals surface area contributed by atoms with Gasteiger partial charge in [-0.2, -0.15) is 13.2 Å². The van der Waals surface area contributed by atoms with Gasteiger partial charge in [-0.25, -0.2) is 0 Å². The van der Waals surface area contributed by atoms with Gasteiger partial charge in [-0.15, -0.1) is 0 Å². The second kappa shape index (κ2) is 9.86. The predicted octanol–water partition coefficient (Wildman–Crippen LogP) is -1.44. The van der Waals surface area contributed by atoms with Crippen molar-refractivity contribution in [2.24, 2.45) is 10.7 Å². The summed E-state index contributed by atoms with van der Waals surface area (Å²) in [6.07, 6.45) is -7.45. The van der Waals surface area contributed by atoms with Crippen LogP contribution in [0.2, 0.25) is 0 Å². The molecule has 0 aromatic carbocycles. The van der Waals surface area contributed by atoms with E-state index in [1.165, 1.54) is 17.1 Å². The van der Waals surface area contributed by atoms with Crippen molar-refractivity contribution in [2.45, 2.75) is 36.9 Å². The third-order valence-corrected chi connectivity index (χ3v) is 4.78. The van der Waals surface area contributed by atoms with Crippen molar-refractivity contribution in [2.75, 3.05) is 31.7 Å². The number of aromatic nitrogens is 1. The van der Waals surface area contributed by atoms with Crippen LogP contribution in [-0.4, -0.2) is 83.0 Å². The fourth-order valence-electron chi connectivity index (χ4n) is 3.25. The van der Waals surface area contributed by atoms with Crippen molar-refractivity contribution in [1.29, 1.82) is 0 Å². The zero-order chi connectivity index (χ0) is 23.5. The number of nitrogens with two attached hydrogens (primary N) is 1. The van der Waals surface area contributed by atoms with Crippen LogP contribution < -0.4 is 16.4 Å². The number of aliphatic hydroxyl groups excluding tert-OH is 3. The van der Waals surface area contributed by atoms with Crippen LogP contribution >= 0.6 is 0 Å². The molecule has 0 radical (unpaired) electrons. The highest BCUT2D eigenvalue weighted by Gasteiger charge is 2.44. The standard InChI is InChI=1S/C18H22F3N5O6/c19-18(20,21)17(30)23-3-5-31-4-1-2-9-6-26(15-11(9)14(22)24-8-25-15)16-13(29)12(28)10(7-27)32-16/h6,8,10,12-14,16,27-29H,3-5,7,22H2,(H,23,30)(H,24,25). The lowest BCUT2D eigenvalue weighted by Crippen LogP contribution is -2.38. The van der Waals surface area contributed by atoms with E-state index in [2.05, 4.69) is 22.2 Å². The number of aliphatic hydroxyl groups is 3. The van der Waals surface area contributed by atoms with Gasteiger partial charge in [0.2, 0.25) is 0 Å². The number of nitrogens with one attached hydrogen (secondary N) is 2. The van der Waals surface area contributed by atoms with Gasteiger partial charge in [-0.3, -0.25) is 9.79 Å². The molecular formula is C18H22F3N5O6. The van der Waals surface area contributed by atoms with E-state index in [1.54, 1.807) is 5.32 Å². The molecule has 1 fully saturated rings. The lowest BCUT2D eigenvalue weighted by molar-refractivity contribution is -0.173. The molecule has 0 aliphatic carbocycles. The van der Waals surface area contributed by atoms with Crippen molar-refractivity contribution in [3.05, 3.63) is 17.3 Å². The SMILES string of the molecule is NC1N=CNc2c1c(C#CCOCCNC(=O)C(F)(F)F)cn2C1OC(CO)C(O)C1O.